The molecule has 1 aliphatic rings. The van der Waals surface area contributed by atoms with E-state index < -0.39 is 0 Å². The first kappa shape index (κ1) is 12.9. The summed E-state index contributed by atoms with van der Waals surface area (Å²) < 4.78 is 5.26. The highest BCUT2D eigenvalue weighted by atomic mass is 16.4. The first-order chi connectivity index (χ1) is 9.67. The van der Waals surface area contributed by atoms with Crippen molar-refractivity contribution in [1.29, 1.82) is 5.26 Å². The van der Waals surface area contributed by atoms with Gasteiger partial charge in [-0.3, -0.25) is 4.90 Å². The van der Waals surface area contributed by atoms with Gasteiger partial charge >= 0.3 is 5.63 Å². The topological polar surface area (TPSA) is 57.2 Å². The fraction of sp³-hybridized carbons (Fsp3) is 0.375. The molecule has 0 bridgehead atoms. The Morgan fingerprint density at radius 1 is 1.40 bits per heavy atom. The van der Waals surface area contributed by atoms with Crippen LogP contribution in [0.1, 0.15) is 24.0 Å². The lowest BCUT2D eigenvalue weighted by Crippen LogP contribution is -2.26. The van der Waals surface area contributed by atoms with Crippen molar-refractivity contribution in [3.8, 4) is 6.07 Å². The van der Waals surface area contributed by atoms with Gasteiger partial charge < -0.3 is 4.42 Å². The van der Waals surface area contributed by atoms with E-state index in [0.717, 1.165) is 29.4 Å². The van der Waals surface area contributed by atoms with Gasteiger partial charge in [0.05, 0.1) is 12.6 Å². The minimum atomic E-state index is -0.328. The van der Waals surface area contributed by atoms with Gasteiger partial charge in [0.2, 0.25) is 0 Å². The average Bonchev–Trinajstić information content (AvgIpc) is 3.21. The van der Waals surface area contributed by atoms with E-state index in [4.69, 9.17) is 9.68 Å². The molecule has 0 saturated heterocycles. The predicted molar refractivity (Wildman–Crippen MR) is 76.3 cm³/mol. The second-order valence-corrected chi connectivity index (χ2v) is 5.38. The highest BCUT2D eigenvalue weighted by molar-refractivity contribution is 5.80. The third-order valence-corrected chi connectivity index (χ3v) is 3.70. The van der Waals surface area contributed by atoms with Crippen LogP contribution < -0.4 is 5.63 Å². The van der Waals surface area contributed by atoms with Crippen molar-refractivity contribution in [3.63, 3.8) is 0 Å². The third-order valence-electron chi connectivity index (χ3n) is 3.70. The second kappa shape index (κ2) is 5.10. The number of aryl methyl sites for hydroxylation is 1. The van der Waals surface area contributed by atoms with Gasteiger partial charge in [-0.1, -0.05) is 12.1 Å². The molecule has 1 aromatic heterocycles. The molecule has 0 atom stereocenters. The largest absolute Gasteiger partial charge is 0.423 e. The van der Waals surface area contributed by atoms with E-state index in [-0.39, 0.29) is 5.63 Å². The Labute approximate surface area is 117 Å². The molecule has 1 aromatic carbocycles. The van der Waals surface area contributed by atoms with Crippen LogP contribution in [0.3, 0.4) is 0 Å². The molecule has 0 amide bonds. The molecule has 0 N–H and O–H groups in total. The summed E-state index contributed by atoms with van der Waals surface area (Å²) in [6.07, 6.45) is 2.28. The van der Waals surface area contributed by atoms with Crippen molar-refractivity contribution in [2.75, 3.05) is 6.54 Å². The van der Waals surface area contributed by atoms with E-state index in [1.807, 2.05) is 25.1 Å². The van der Waals surface area contributed by atoms with Crippen LogP contribution >= 0.6 is 0 Å². The van der Waals surface area contributed by atoms with Crippen molar-refractivity contribution < 1.29 is 4.42 Å². The highest BCUT2D eigenvalue weighted by Crippen LogP contribution is 2.29. The molecule has 0 radical (unpaired) electrons. The maximum absolute atomic E-state index is 11.7. The second-order valence-electron chi connectivity index (χ2n) is 5.38. The fourth-order valence-corrected chi connectivity index (χ4v) is 2.53. The van der Waals surface area contributed by atoms with Crippen LogP contribution in [0.4, 0.5) is 0 Å². The van der Waals surface area contributed by atoms with Gasteiger partial charge in [-0.05, 0) is 37.0 Å². The summed E-state index contributed by atoms with van der Waals surface area (Å²) in [7, 11) is 0. The van der Waals surface area contributed by atoms with E-state index in [1.165, 1.54) is 0 Å². The van der Waals surface area contributed by atoms with Crippen LogP contribution in [-0.4, -0.2) is 17.5 Å². The summed E-state index contributed by atoms with van der Waals surface area (Å²) in [6.45, 7) is 3.00. The predicted octanol–water partition coefficient (Wildman–Crippen LogP) is 2.59. The number of nitrogens with zero attached hydrogens (tertiary/aromatic N) is 2. The molecule has 1 saturated carbocycles. The number of nitriles is 1. The smallest absolute Gasteiger partial charge is 0.336 e. The van der Waals surface area contributed by atoms with Crippen LogP contribution in [0.2, 0.25) is 0 Å². The molecule has 0 aliphatic heterocycles. The van der Waals surface area contributed by atoms with Crippen LogP contribution in [0, 0.1) is 18.3 Å². The minimum Gasteiger partial charge on any atom is -0.423 e. The Bertz CT molecular complexity index is 738. The van der Waals surface area contributed by atoms with Gasteiger partial charge in [-0.15, -0.1) is 0 Å². The quantitative estimate of drug-likeness (QED) is 0.631. The van der Waals surface area contributed by atoms with Gasteiger partial charge in [0.1, 0.15) is 5.58 Å². The van der Waals surface area contributed by atoms with Gasteiger partial charge in [0, 0.05) is 24.0 Å². The minimum absolute atomic E-state index is 0.328. The lowest BCUT2D eigenvalue weighted by molar-refractivity contribution is 0.287. The molecule has 0 spiro atoms. The van der Waals surface area contributed by atoms with E-state index in [1.54, 1.807) is 6.07 Å². The van der Waals surface area contributed by atoms with Gasteiger partial charge in [-0.25, -0.2) is 4.79 Å². The Morgan fingerprint density at radius 2 is 2.20 bits per heavy atom. The molecule has 1 aliphatic carbocycles. The summed E-state index contributed by atoms with van der Waals surface area (Å²) in [5.41, 5.74) is 2.30. The van der Waals surface area contributed by atoms with Crippen LogP contribution in [-0.2, 0) is 6.54 Å². The lowest BCUT2D eigenvalue weighted by Gasteiger charge is -2.19. The molecule has 1 fully saturated rings. The SMILES string of the molecule is Cc1ccc2c(CN(CC#N)C3CC3)cc(=O)oc2c1. The Balaban J connectivity index is 2.01. The van der Waals surface area contributed by atoms with E-state index in [2.05, 4.69) is 11.0 Å². The normalized spacial score (nSPS) is 14.7. The molecular formula is C16H16N2O2. The van der Waals surface area contributed by atoms with Crippen molar-refractivity contribution in [2.24, 2.45) is 0 Å². The Hall–Kier alpha value is -2.12. The van der Waals surface area contributed by atoms with Gasteiger partial charge in [0.25, 0.3) is 0 Å². The Kier molecular flexibility index (Phi) is 3.29. The lowest BCUT2D eigenvalue weighted by atomic mass is 10.1. The summed E-state index contributed by atoms with van der Waals surface area (Å²) in [4.78, 5) is 13.8. The van der Waals surface area contributed by atoms with Crippen molar-refractivity contribution in [2.45, 2.75) is 32.4 Å². The van der Waals surface area contributed by atoms with Crippen LogP contribution in [0.5, 0.6) is 0 Å². The third kappa shape index (κ3) is 2.59. The first-order valence-electron chi connectivity index (χ1n) is 6.82. The monoisotopic (exact) mass is 268 g/mol. The van der Waals surface area contributed by atoms with Crippen molar-refractivity contribution in [3.05, 3.63) is 45.8 Å². The van der Waals surface area contributed by atoms with E-state index in [9.17, 15) is 4.79 Å². The molecule has 102 valence electrons. The van der Waals surface area contributed by atoms with E-state index >= 15 is 0 Å². The molecule has 4 nitrogen and oxygen atoms in total. The number of rotatable bonds is 4. The molecule has 4 heteroatoms. The number of fused-ring (bicyclic) bond motifs is 1. The summed E-state index contributed by atoms with van der Waals surface area (Å²) in [5, 5.41) is 9.88. The molecule has 1 heterocycles. The van der Waals surface area contributed by atoms with Gasteiger partial charge in [0.15, 0.2) is 0 Å². The zero-order chi connectivity index (χ0) is 14.1. The summed E-state index contributed by atoms with van der Waals surface area (Å²) in [6, 6.07) is 10.1. The molecule has 20 heavy (non-hydrogen) atoms. The average molecular weight is 268 g/mol. The van der Waals surface area contributed by atoms with Crippen molar-refractivity contribution in [1.82, 2.24) is 4.90 Å². The zero-order valence-electron chi connectivity index (χ0n) is 11.4. The standard InChI is InChI=1S/C16H16N2O2/c1-11-2-5-14-12(9-16(19)20-15(14)8-11)10-18(7-6-17)13-3-4-13/h2,5,8-9,13H,3-4,7,10H2,1H3. The van der Waals surface area contributed by atoms with Crippen LogP contribution in [0.15, 0.2) is 33.5 Å². The highest BCUT2D eigenvalue weighted by Gasteiger charge is 2.29. The summed E-state index contributed by atoms with van der Waals surface area (Å²) >= 11 is 0. The molecule has 0 unspecified atom stereocenters. The van der Waals surface area contributed by atoms with E-state index in [0.29, 0.717) is 24.7 Å². The first-order valence-corrected chi connectivity index (χ1v) is 6.82. The molecular weight excluding hydrogens is 252 g/mol. The molecule has 2 aromatic rings. The fourth-order valence-electron chi connectivity index (χ4n) is 2.53. The maximum atomic E-state index is 11.7. The summed E-state index contributed by atoms with van der Waals surface area (Å²) in [5.74, 6) is 0. The number of benzene rings is 1. The molecule has 3 rings (SSSR count). The van der Waals surface area contributed by atoms with Crippen molar-refractivity contribution >= 4 is 11.0 Å². The van der Waals surface area contributed by atoms with Crippen LogP contribution in [0.25, 0.3) is 11.0 Å². The Morgan fingerprint density at radius 3 is 2.90 bits per heavy atom. The number of hydrogen-bond donors (Lipinski definition) is 0. The van der Waals surface area contributed by atoms with Gasteiger partial charge in [-0.2, -0.15) is 5.26 Å². The maximum Gasteiger partial charge on any atom is 0.336 e. The number of hydrogen-bond acceptors (Lipinski definition) is 4. The zero-order valence-corrected chi connectivity index (χ0v) is 11.4.